The minimum atomic E-state index is -1.14. The highest BCUT2D eigenvalue weighted by Crippen LogP contribution is 2.42. The van der Waals surface area contributed by atoms with Crippen molar-refractivity contribution in [3.8, 4) is 0 Å². The highest BCUT2D eigenvalue weighted by atomic mass is 16.5. The molecule has 0 aromatic heterocycles. The zero-order valence-corrected chi connectivity index (χ0v) is 10.5. The van der Waals surface area contributed by atoms with Gasteiger partial charge in [-0.15, -0.1) is 0 Å². The quantitative estimate of drug-likeness (QED) is 0.679. The molecule has 19 heavy (non-hydrogen) atoms. The van der Waals surface area contributed by atoms with Gasteiger partial charge in [0.05, 0.1) is 5.41 Å². The zero-order valence-electron chi connectivity index (χ0n) is 10.5. The number of hydrogen-bond acceptors (Lipinski definition) is 4. The number of carbonyl (C=O) groups excluding carboxylic acids is 1. The van der Waals surface area contributed by atoms with Crippen LogP contribution in [0.1, 0.15) is 25.7 Å². The molecule has 0 saturated carbocycles. The predicted molar refractivity (Wildman–Crippen MR) is 62.5 cm³/mol. The van der Waals surface area contributed by atoms with Crippen molar-refractivity contribution in [2.45, 2.75) is 31.7 Å². The van der Waals surface area contributed by atoms with Crippen LogP contribution in [0.3, 0.4) is 0 Å². The third-order valence-corrected chi connectivity index (χ3v) is 3.93. The summed E-state index contributed by atoms with van der Waals surface area (Å²) < 4.78 is 5.21. The Morgan fingerprint density at radius 1 is 1.32 bits per heavy atom. The maximum Gasteiger partial charge on any atom is 0.326 e. The van der Waals surface area contributed by atoms with Crippen LogP contribution in [0.15, 0.2) is 0 Å². The second-order valence-electron chi connectivity index (χ2n) is 5.11. The van der Waals surface area contributed by atoms with Gasteiger partial charge in [0, 0.05) is 26.2 Å². The molecule has 2 rings (SSSR count). The Balaban J connectivity index is 1.99. The van der Waals surface area contributed by atoms with Gasteiger partial charge in [0.15, 0.2) is 0 Å². The van der Waals surface area contributed by atoms with Crippen LogP contribution in [-0.2, 0) is 19.1 Å². The van der Waals surface area contributed by atoms with E-state index in [4.69, 9.17) is 14.9 Å². The molecule has 2 aliphatic rings. The van der Waals surface area contributed by atoms with E-state index in [0.29, 0.717) is 32.6 Å². The summed E-state index contributed by atoms with van der Waals surface area (Å²) in [7, 11) is 0. The SMILES string of the molecule is O=C(O)CC[C@@H](C(=O)O)N1CC2(CCOCC2)C1=O. The van der Waals surface area contributed by atoms with Crippen molar-refractivity contribution in [1.29, 1.82) is 0 Å². The molecule has 2 saturated heterocycles. The fraction of sp³-hybridized carbons (Fsp3) is 0.750. The number of carboxylic acid groups (broad SMARTS) is 2. The summed E-state index contributed by atoms with van der Waals surface area (Å²) in [4.78, 5) is 35.1. The average Bonchev–Trinajstić information content (AvgIpc) is 2.38. The van der Waals surface area contributed by atoms with Crippen molar-refractivity contribution >= 4 is 17.8 Å². The van der Waals surface area contributed by atoms with Crippen LogP contribution in [0.25, 0.3) is 0 Å². The monoisotopic (exact) mass is 271 g/mol. The van der Waals surface area contributed by atoms with E-state index in [1.54, 1.807) is 0 Å². The molecule has 0 aromatic carbocycles. The lowest BCUT2D eigenvalue weighted by Crippen LogP contribution is -2.67. The number of hydrogen-bond donors (Lipinski definition) is 2. The van der Waals surface area contributed by atoms with E-state index >= 15 is 0 Å². The smallest absolute Gasteiger partial charge is 0.326 e. The van der Waals surface area contributed by atoms with Gasteiger partial charge in [-0.3, -0.25) is 9.59 Å². The predicted octanol–water partition coefficient (Wildman–Crippen LogP) is -0.0566. The van der Waals surface area contributed by atoms with Gasteiger partial charge in [0.1, 0.15) is 6.04 Å². The molecule has 0 radical (unpaired) electrons. The first kappa shape index (κ1) is 13.8. The fourth-order valence-electron chi connectivity index (χ4n) is 2.74. The van der Waals surface area contributed by atoms with Crippen molar-refractivity contribution in [2.24, 2.45) is 5.41 Å². The van der Waals surface area contributed by atoms with Crippen molar-refractivity contribution in [1.82, 2.24) is 4.90 Å². The Morgan fingerprint density at radius 2 is 1.95 bits per heavy atom. The molecular weight excluding hydrogens is 254 g/mol. The van der Waals surface area contributed by atoms with E-state index < -0.39 is 23.4 Å². The van der Waals surface area contributed by atoms with Gasteiger partial charge >= 0.3 is 11.9 Å². The van der Waals surface area contributed by atoms with Gasteiger partial charge in [-0.05, 0) is 19.3 Å². The number of carboxylic acids is 2. The normalized spacial score (nSPS) is 22.9. The maximum atomic E-state index is 12.2. The number of aliphatic carboxylic acids is 2. The Morgan fingerprint density at radius 3 is 2.42 bits per heavy atom. The summed E-state index contributed by atoms with van der Waals surface area (Å²) >= 11 is 0. The first-order valence-electron chi connectivity index (χ1n) is 6.30. The Kier molecular flexibility index (Phi) is 3.75. The zero-order chi connectivity index (χ0) is 14.0. The molecule has 2 heterocycles. The molecule has 2 fully saturated rings. The summed E-state index contributed by atoms with van der Waals surface area (Å²) in [5, 5.41) is 17.7. The molecule has 2 aliphatic heterocycles. The van der Waals surface area contributed by atoms with E-state index in [-0.39, 0.29) is 18.7 Å². The second-order valence-corrected chi connectivity index (χ2v) is 5.11. The molecule has 0 unspecified atom stereocenters. The van der Waals surface area contributed by atoms with E-state index in [1.165, 1.54) is 4.90 Å². The molecule has 1 amide bonds. The van der Waals surface area contributed by atoms with Crippen LogP contribution in [0, 0.1) is 5.41 Å². The molecule has 0 aliphatic carbocycles. The van der Waals surface area contributed by atoms with E-state index in [0.717, 1.165) is 0 Å². The second kappa shape index (κ2) is 5.16. The van der Waals surface area contributed by atoms with Gasteiger partial charge in [-0.1, -0.05) is 0 Å². The lowest BCUT2D eigenvalue weighted by Gasteiger charge is -2.52. The lowest BCUT2D eigenvalue weighted by atomic mass is 9.71. The number of ether oxygens (including phenoxy) is 1. The molecule has 1 atom stereocenters. The molecule has 0 bridgehead atoms. The van der Waals surface area contributed by atoms with Crippen molar-refractivity contribution < 1.29 is 29.3 Å². The molecule has 2 N–H and O–H groups in total. The van der Waals surface area contributed by atoms with Crippen LogP contribution < -0.4 is 0 Å². The average molecular weight is 271 g/mol. The molecule has 7 nitrogen and oxygen atoms in total. The van der Waals surface area contributed by atoms with Crippen molar-refractivity contribution in [2.75, 3.05) is 19.8 Å². The minimum absolute atomic E-state index is 0.0526. The Bertz CT molecular complexity index is 401. The molecule has 7 heteroatoms. The van der Waals surface area contributed by atoms with Crippen LogP contribution in [0.5, 0.6) is 0 Å². The van der Waals surface area contributed by atoms with E-state index in [1.807, 2.05) is 0 Å². The number of carbonyl (C=O) groups is 3. The summed E-state index contributed by atoms with van der Waals surface area (Å²) in [5.74, 6) is -2.37. The topological polar surface area (TPSA) is 104 Å². The summed E-state index contributed by atoms with van der Waals surface area (Å²) in [6.45, 7) is 1.44. The number of amides is 1. The first-order valence-corrected chi connectivity index (χ1v) is 6.30. The molecule has 0 aromatic rings. The van der Waals surface area contributed by atoms with Gasteiger partial charge in [0.2, 0.25) is 5.91 Å². The molecular formula is C12H17NO6. The lowest BCUT2D eigenvalue weighted by molar-refractivity contribution is -0.180. The van der Waals surface area contributed by atoms with Crippen LogP contribution in [0.2, 0.25) is 0 Å². The van der Waals surface area contributed by atoms with Crippen LogP contribution in [-0.4, -0.2) is 58.8 Å². The van der Waals surface area contributed by atoms with Gasteiger partial charge < -0.3 is 19.8 Å². The number of nitrogens with zero attached hydrogens (tertiary/aromatic N) is 1. The van der Waals surface area contributed by atoms with Gasteiger partial charge in [-0.2, -0.15) is 0 Å². The van der Waals surface area contributed by atoms with Crippen molar-refractivity contribution in [3.05, 3.63) is 0 Å². The van der Waals surface area contributed by atoms with Crippen LogP contribution in [0.4, 0.5) is 0 Å². The van der Waals surface area contributed by atoms with Crippen molar-refractivity contribution in [3.63, 3.8) is 0 Å². The number of β-lactam (4-membered cyclic amide) rings is 1. The Labute approximate surface area is 110 Å². The van der Waals surface area contributed by atoms with Gasteiger partial charge in [0.25, 0.3) is 0 Å². The number of rotatable bonds is 5. The summed E-state index contributed by atoms with van der Waals surface area (Å²) in [5.41, 5.74) is -0.463. The highest BCUT2D eigenvalue weighted by Gasteiger charge is 2.55. The largest absolute Gasteiger partial charge is 0.481 e. The third-order valence-electron chi connectivity index (χ3n) is 3.93. The van der Waals surface area contributed by atoms with Gasteiger partial charge in [-0.25, -0.2) is 4.79 Å². The molecule has 106 valence electrons. The minimum Gasteiger partial charge on any atom is -0.481 e. The van der Waals surface area contributed by atoms with Crippen LogP contribution >= 0.6 is 0 Å². The Hall–Kier alpha value is -1.63. The van der Waals surface area contributed by atoms with E-state index in [2.05, 4.69) is 0 Å². The highest BCUT2D eigenvalue weighted by molar-refractivity contribution is 5.93. The first-order chi connectivity index (χ1) is 8.96. The molecule has 1 spiro atoms. The number of likely N-dealkylation sites (tertiary alicyclic amines) is 1. The maximum absolute atomic E-state index is 12.2. The fourth-order valence-corrected chi connectivity index (χ4v) is 2.74. The standard InChI is InChI=1S/C12H17NO6/c14-9(15)2-1-8(10(16)17)13-7-12(11(13)18)3-5-19-6-4-12/h8H,1-7H2,(H,14,15)(H,16,17)/t8-/m0/s1. The third kappa shape index (κ3) is 2.56. The van der Waals surface area contributed by atoms with E-state index in [9.17, 15) is 14.4 Å². The summed E-state index contributed by atoms with van der Waals surface area (Å²) in [6, 6.07) is -1.03. The summed E-state index contributed by atoms with van der Waals surface area (Å²) in [6.07, 6.45) is 0.932.